The number of hydrogen-bond acceptors (Lipinski definition) is 4. The fraction of sp³-hybridized carbons (Fsp3) is 0.182. The number of urea groups is 1. The summed E-state index contributed by atoms with van der Waals surface area (Å²) in [6.07, 6.45) is 3.02. The van der Waals surface area contributed by atoms with Gasteiger partial charge < -0.3 is 16.0 Å². The summed E-state index contributed by atoms with van der Waals surface area (Å²) in [5, 5.41) is 10.1. The van der Waals surface area contributed by atoms with Crippen LogP contribution in [0.3, 0.4) is 0 Å². The van der Waals surface area contributed by atoms with E-state index in [0.717, 1.165) is 5.56 Å². The van der Waals surface area contributed by atoms with Gasteiger partial charge in [-0.1, -0.05) is 42.5 Å². The number of benzene rings is 2. The minimum Gasteiger partial charge on any atom is -0.341 e. The van der Waals surface area contributed by atoms with Gasteiger partial charge in [-0.3, -0.25) is 19.7 Å². The topological polar surface area (TPSA) is 116 Å². The number of carbonyl (C=O) groups excluding carboxylic acids is 4. The normalized spacial score (nSPS) is 19.1. The summed E-state index contributed by atoms with van der Waals surface area (Å²) < 4.78 is 0. The van der Waals surface area contributed by atoms with Gasteiger partial charge in [0.1, 0.15) is 11.6 Å². The Labute approximate surface area is 173 Å². The first-order valence-corrected chi connectivity index (χ1v) is 9.36. The van der Waals surface area contributed by atoms with Gasteiger partial charge >= 0.3 is 6.03 Å². The molecular formula is C22H22N4O4. The standard InChI is InChI=1S/C22H22N4O4/c1-14(23-18(27)12-11-15-7-4-3-5-8-15)19(28)24-17-10-6-9-16(13-17)22(2)20(29)25-21(30)26-22/h3-14H,1-2H3,(H,23,27)(H,24,28)(H2,25,26,29,30)/b12-11+. The predicted octanol–water partition coefficient (Wildman–Crippen LogP) is 1.90. The van der Waals surface area contributed by atoms with E-state index in [2.05, 4.69) is 21.3 Å². The smallest absolute Gasteiger partial charge is 0.322 e. The minimum atomic E-state index is -1.22. The molecular weight excluding hydrogens is 384 g/mol. The van der Waals surface area contributed by atoms with E-state index < -0.39 is 35.3 Å². The van der Waals surface area contributed by atoms with Crippen LogP contribution in [0.15, 0.2) is 60.7 Å². The summed E-state index contributed by atoms with van der Waals surface area (Å²) in [6.45, 7) is 3.15. The SMILES string of the molecule is CC(NC(=O)/C=C/c1ccccc1)C(=O)Nc1cccc(C2(C)NC(=O)NC2=O)c1. The van der Waals surface area contributed by atoms with Crippen LogP contribution in [0.2, 0.25) is 0 Å². The average molecular weight is 406 g/mol. The van der Waals surface area contributed by atoms with Gasteiger partial charge in [0.15, 0.2) is 0 Å². The molecule has 2 aromatic carbocycles. The largest absolute Gasteiger partial charge is 0.341 e. The van der Waals surface area contributed by atoms with E-state index in [1.165, 1.54) is 6.08 Å². The van der Waals surface area contributed by atoms with Crippen molar-refractivity contribution in [1.29, 1.82) is 0 Å². The van der Waals surface area contributed by atoms with Crippen LogP contribution in [0.1, 0.15) is 25.0 Å². The van der Waals surface area contributed by atoms with Crippen molar-refractivity contribution in [1.82, 2.24) is 16.0 Å². The van der Waals surface area contributed by atoms with Crippen LogP contribution in [0.5, 0.6) is 0 Å². The van der Waals surface area contributed by atoms with Crippen molar-refractivity contribution in [3.63, 3.8) is 0 Å². The Hall–Kier alpha value is -3.94. The zero-order valence-corrected chi connectivity index (χ0v) is 16.6. The first-order valence-electron chi connectivity index (χ1n) is 9.36. The lowest BCUT2D eigenvalue weighted by molar-refractivity contribution is -0.123. The summed E-state index contributed by atoms with van der Waals surface area (Å²) in [4.78, 5) is 48.1. The van der Waals surface area contributed by atoms with Gasteiger partial charge in [-0.2, -0.15) is 0 Å². The zero-order chi connectivity index (χ0) is 21.7. The van der Waals surface area contributed by atoms with Gasteiger partial charge in [-0.25, -0.2) is 4.79 Å². The minimum absolute atomic E-state index is 0.395. The lowest BCUT2D eigenvalue weighted by Gasteiger charge is -2.22. The van der Waals surface area contributed by atoms with Gasteiger partial charge in [0.2, 0.25) is 11.8 Å². The number of anilines is 1. The van der Waals surface area contributed by atoms with E-state index >= 15 is 0 Å². The molecule has 1 heterocycles. The second kappa shape index (κ2) is 8.60. The number of hydrogen-bond donors (Lipinski definition) is 4. The summed E-state index contributed by atoms with van der Waals surface area (Å²) in [7, 11) is 0. The third-order valence-electron chi connectivity index (χ3n) is 4.73. The summed E-state index contributed by atoms with van der Waals surface area (Å²) >= 11 is 0. The van der Waals surface area contributed by atoms with E-state index in [1.807, 2.05) is 30.3 Å². The van der Waals surface area contributed by atoms with Crippen LogP contribution < -0.4 is 21.3 Å². The van der Waals surface area contributed by atoms with E-state index in [9.17, 15) is 19.2 Å². The highest BCUT2D eigenvalue weighted by molar-refractivity contribution is 6.07. The number of rotatable bonds is 6. The monoisotopic (exact) mass is 406 g/mol. The van der Waals surface area contributed by atoms with E-state index in [-0.39, 0.29) is 0 Å². The Kier molecular flexibility index (Phi) is 5.96. The molecule has 1 aliphatic heterocycles. The number of imide groups is 1. The van der Waals surface area contributed by atoms with Crippen molar-refractivity contribution in [3.8, 4) is 0 Å². The number of nitrogens with one attached hydrogen (secondary N) is 4. The zero-order valence-electron chi connectivity index (χ0n) is 16.6. The second-order valence-electron chi connectivity index (χ2n) is 7.08. The molecule has 1 saturated heterocycles. The lowest BCUT2D eigenvalue weighted by Crippen LogP contribution is -2.41. The molecule has 0 radical (unpaired) electrons. The van der Waals surface area contributed by atoms with Gasteiger partial charge in [-0.15, -0.1) is 0 Å². The molecule has 0 spiro atoms. The molecule has 4 N–H and O–H groups in total. The molecule has 8 heteroatoms. The van der Waals surface area contributed by atoms with Crippen molar-refractivity contribution in [2.24, 2.45) is 0 Å². The maximum Gasteiger partial charge on any atom is 0.322 e. The van der Waals surface area contributed by atoms with Crippen LogP contribution in [-0.4, -0.2) is 29.8 Å². The first-order chi connectivity index (χ1) is 14.3. The summed E-state index contributed by atoms with van der Waals surface area (Å²) in [6, 6.07) is 14.6. The molecule has 2 aromatic rings. The highest BCUT2D eigenvalue weighted by Crippen LogP contribution is 2.26. The fourth-order valence-corrected chi connectivity index (χ4v) is 2.97. The fourth-order valence-electron chi connectivity index (χ4n) is 2.97. The van der Waals surface area contributed by atoms with E-state index in [0.29, 0.717) is 11.3 Å². The number of carbonyl (C=O) groups is 4. The summed E-state index contributed by atoms with van der Waals surface area (Å²) in [5.74, 6) is -1.28. The molecule has 30 heavy (non-hydrogen) atoms. The van der Waals surface area contributed by atoms with Crippen molar-refractivity contribution in [2.75, 3.05) is 5.32 Å². The van der Waals surface area contributed by atoms with Crippen LogP contribution >= 0.6 is 0 Å². The molecule has 0 aliphatic carbocycles. The van der Waals surface area contributed by atoms with Crippen LogP contribution in [0.25, 0.3) is 6.08 Å². The molecule has 1 fully saturated rings. The van der Waals surface area contributed by atoms with E-state index in [4.69, 9.17) is 0 Å². The Bertz CT molecular complexity index is 1020. The van der Waals surface area contributed by atoms with Gasteiger partial charge in [0, 0.05) is 11.8 Å². The van der Waals surface area contributed by atoms with Gasteiger partial charge in [0.25, 0.3) is 5.91 Å². The van der Waals surface area contributed by atoms with Crippen molar-refractivity contribution in [2.45, 2.75) is 25.4 Å². The maximum atomic E-state index is 12.5. The molecule has 154 valence electrons. The average Bonchev–Trinajstić information content (AvgIpc) is 3.00. The molecule has 5 amide bonds. The van der Waals surface area contributed by atoms with Crippen molar-refractivity contribution in [3.05, 3.63) is 71.8 Å². The lowest BCUT2D eigenvalue weighted by atomic mass is 9.92. The first kappa shape index (κ1) is 20.8. The third-order valence-corrected chi connectivity index (χ3v) is 4.73. The number of amides is 5. The molecule has 2 unspecified atom stereocenters. The summed E-state index contributed by atoms with van der Waals surface area (Å²) in [5.41, 5.74) is 0.609. The Morgan fingerprint density at radius 1 is 1.07 bits per heavy atom. The van der Waals surface area contributed by atoms with Crippen LogP contribution in [-0.2, 0) is 19.9 Å². The van der Waals surface area contributed by atoms with Gasteiger partial charge in [-0.05, 0) is 43.2 Å². The Morgan fingerprint density at radius 3 is 2.47 bits per heavy atom. The van der Waals surface area contributed by atoms with Crippen LogP contribution in [0.4, 0.5) is 10.5 Å². The molecule has 3 rings (SSSR count). The van der Waals surface area contributed by atoms with Crippen molar-refractivity contribution >= 4 is 35.5 Å². The Balaban J connectivity index is 1.61. The van der Waals surface area contributed by atoms with Crippen LogP contribution in [0, 0.1) is 0 Å². The molecule has 1 aliphatic rings. The predicted molar refractivity (Wildman–Crippen MR) is 112 cm³/mol. The highest BCUT2D eigenvalue weighted by atomic mass is 16.2. The van der Waals surface area contributed by atoms with Crippen molar-refractivity contribution < 1.29 is 19.2 Å². The molecule has 0 saturated carbocycles. The van der Waals surface area contributed by atoms with Gasteiger partial charge in [0.05, 0.1) is 0 Å². The maximum absolute atomic E-state index is 12.5. The molecule has 0 bridgehead atoms. The molecule has 2 atom stereocenters. The Morgan fingerprint density at radius 2 is 1.80 bits per heavy atom. The van der Waals surface area contributed by atoms with E-state index in [1.54, 1.807) is 44.2 Å². The highest BCUT2D eigenvalue weighted by Gasteiger charge is 2.43. The molecule has 8 nitrogen and oxygen atoms in total. The second-order valence-corrected chi connectivity index (χ2v) is 7.08. The molecule has 0 aromatic heterocycles. The quantitative estimate of drug-likeness (QED) is 0.433. The third kappa shape index (κ3) is 4.72.